The molecule has 1 saturated heterocycles. The first-order chi connectivity index (χ1) is 9.72. The molecule has 1 N–H and O–H groups in total. The van der Waals surface area contributed by atoms with E-state index >= 15 is 0 Å². The zero-order valence-electron chi connectivity index (χ0n) is 11.4. The molecule has 0 bridgehead atoms. The SMILES string of the molecule is Cl.O=C(O)C1CCN(Cc2cn(-c3ccccc3)nn2)C1. The first kappa shape index (κ1) is 15.5. The zero-order chi connectivity index (χ0) is 13.9. The van der Waals surface area contributed by atoms with Gasteiger partial charge in [-0.25, -0.2) is 4.68 Å². The second kappa shape index (κ2) is 6.69. The van der Waals surface area contributed by atoms with Crippen LogP contribution in [0.5, 0.6) is 0 Å². The average molecular weight is 309 g/mol. The van der Waals surface area contributed by atoms with Gasteiger partial charge in [-0.15, -0.1) is 17.5 Å². The van der Waals surface area contributed by atoms with Gasteiger partial charge in [0.1, 0.15) is 0 Å². The Morgan fingerprint density at radius 2 is 2.10 bits per heavy atom. The van der Waals surface area contributed by atoms with Gasteiger partial charge in [-0.2, -0.15) is 0 Å². The van der Waals surface area contributed by atoms with Gasteiger partial charge >= 0.3 is 5.97 Å². The Labute approximate surface area is 128 Å². The van der Waals surface area contributed by atoms with Crippen LogP contribution >= 0.6 is 12.4 Å². The average Bonchev–Trinajstić information content (AvgIpc) is 3.10. The van der Waals surface area contributed by atoms with Crippen LogP contribution in [0.3, 0.4) is 0 Å². The standard InChI is InChI=1S/C14H16N4O2.ClH/c19-14(20)11-6-7-17(8-11)9-12-10-18(16-15-12)13-4-2-1-3-5-13;/h1-5,10-11H,6-9H2,(H,19,20);1H. The number of aromatic nitrogens is 3. The number of hydrogen-bond donors (Lipinski definition) is 1. The van der Waals surface area contributed by atoms with Crippen LogP contribution in [0, 0.1) is 5.92 Å². The molecule has 2 heterocycles. The molecule has 0 radical (unpaired) electrons. The molecule has 2 aromatic rings. The lowest BCUT2D eigenvalue weighted by atomic mass is 10.1. The second-order valence-corrected chi connectivity index (χ2v) is 5.05. The third-order valence-electron chi connectivity index (χ3n) is 3.57. The lowest BCUT2D eigenvalue weighted by Crippen LogP contribution is -2.22. The minimum atomic E-state index is -0.708. The van der Waals surface area contributed by atoms with Crippen molar-refractivity contribution in [1.82, 2.24) is 19.9 Å². The van der Waals surface area contributed by atoms with Gasteiger partial charge in [0.05, 0.1) is 23.5 Å². The molecule has 0 amide bonds. The quantitative estimate of drug-likeness (QED) is 0.929. The van der Waals surface area contributed by atoms with Crippen molar-refractivity contribution in [3.05, 3.63) is 42.2 Å². The molecule has 1 fully saturated rings. The van der Waals surface area contributed by atoms with Crippen LogP contribution in [0.1, 0.15) is 12.1 Å². The third kappa shape index (κ3) is 3.59. The van der Waals surface area contributed by atoms with Crippen molar-refractivity contribution < 1.29 is 9.90 Å². The number of rotatable bonds is 4. The fourth-order valence-electron chi connectivity index (χ4n) is 2.48. The maximum Gasteiger partial charge on any atom is 0.307 e. The number of carboxylic acid groups (broad SMARTS) is 1. The van der Waals surface area contributed by atoms with Crippen LogP contribution in [-0.2, 0) is 11.3 Å². The summed E-state index contributed by atoms with van der Waals surface area (Å²) in [4.78, 5) is 13.0. The maximum atomic E-state index is 10.9. The summed E-state index contributed by atoms with van der Waals surface area (Å²) in [6.45, 7) is 2.04. The summed E-state index contributed by atoms with van der Waals surface area (Å²) in [5.41, 5.74) is 1.83. The molecular weight excluding hydrogens is 292 g/mol. The molecule has 0 saturated carbocycles. The molecule has 1 aromatic heterocycles. The van der Waals surface area contributed by atoms with E-state index in [1.807, 2.05) is 36.5 Å². The molecule has 0 aliphatic carbocycles. The Hall–Kier alpha value is -1.92. The Morgan fingerprint density at radius 1 is 1.33 bits per heavy atom. The molecule has 3 rings (SSSR count). The number of carbonyl (C=O) groups is 1. The summed E-state index contributed by atoms with van der Waals surface area (Å²) in [6.07, 6.45) is 2.60. The molecule has 6 nitrogen and oxygen atoms in total. The minimum Gasteiger partial charge on any atom is -0.481 e. The fourth-order valence-corrected chi connectivity index (χ4v) is 2.48. The van der Waals surface area contributed by atoms with Crippen molar-refractivity contribution in [3.8, 4) is 5.69 Å². The third-order valence-corrected chi connectivity index (χ3v) is 3.57. The maximum absolute atomic E-state index is 10.9. The van der Waals surface area contributed by atoms with E-state index in [-0.39, 0.29) is 18.3 Å². The summed E-state index contributed by atoms with van der Waals surface area (Å²) >= 11 is 0. The van der Waals surface area contributed by atoms with E-state index in [2.05, 4.69) is 15.2 Å². The zero-order valence-corrected chi connectivity index (χ0v) is 12.2. The number of aliphatic carboxylic acids is 1. The van der Waals surface area contributed by atoms with E-state index in [1.54, 1.807) is 4.68 Å². The monoisotopic (exact) mass is 308 g/mol. The first-order valence-electron chi connectivity index (χ1n) is 6.64. The van der Waals surface area contributed by atoms with Crippen molar-refractivity contribution in [2.45, 2.75) is 13.0 Å². The summed E-state index contributed by atoms with van der Waals surface area (Å²) in [5, 5.41) is 17.2. The number of para-hydroxylation sites is 1. The highest BCUT2D eigenvalue weighted by molar-refractivity contribution is 5.85. The van der Waals surface area contributed by atoms with Crippen molar-refractivity contribution in [2.24, 2.45) is 5.92 Å². The Bertz CT molecular complexity index is 602. The number of nitrogens with zero attached hydrogens (tertiary/aromatic N) is 4. The topological polar surface area (TPSA) is 71.2 Å². The summed E-state index contributed by atoms with van der Waals surface area (Å²) in [7, 11) is 0. The molecule has 1 aromatic carbocycles. The van der Waals surface area contributed by atoms with Crippen molar-refractivity contribution >= 4 is 18.4 Å². The van der Waals surface area contributed by atoms with Crippen LogP contribution in [-0.4, -0.2) is 44.1 Å². The summed E-state index contributed by atoms with van der Waals surface area (Å²) in [6, 6.07) is 9.80. The highest BCUT2D eigenvalue weighted by Crippen LogP contribution is 2.18. The first-order valence-corrected chi connectivity index (χ1v) is 6.64. The van der Waals surface area contributed by atoms with E-state index in [1.165, 1.54) is 0 Å². The number of hydrogen-bond acceptors (Lipinski definition) is 4. The van der Waals surface area contributed by atoms with Gasteiger partial charge in [0, 0.05) is 13.1 Å². The minimum absolute atomic E-state index is 0. The van der Waals surface area contributed by atoms with E-state index in [9.17, 15) is 4.79 Å². The Morgan fingerprint density at radius 3 is 2.76 bits per heavy atom. The molecule has 1 atom stereocenters. The van der Waals surface area contributed by atoms with Crippen LogP contribution in [0.15, 0.2) is 36.5 Å². The van der Waals surface area contributed by atoms with Gasteiger partial charge < -0.3 is 5.11 Å². The molecule has 112 valence electrons. The van der Waals surface area contributed by atoms with Gasteiger partial charge in [-0.1, -0.05) is 23.4 Å². The van der Waals surface area contributed by atoms with Gasteiger partial charge in [-0.05, 0) is 25.1 Å². The van der Waals surface area contributed by atoms with Crippen molar-refractivity contribution in [2.75, 3.05) is 13.1 Å². The lowest BCUT2D eigenvalue weighted by molar-refractivity contribution is -0.141. The van der Waals surface area contributed by atoms with Gasteiger partial charge in [-0.3, -0.25) is 9.69 Å². The predicted octanol–water partition coefficient (Wildman–Crippen LogP) is 1.60. The molecule has 21 heavy (non-hydrogen) atoms. The number of benzene rings is 1. The Balaban J connectivity index is 0.00000161. The van der Waals surface area contributed by atoms with E-state index in [0.29, 0.717) is 19.5 Å². The fraction of sp³-hybridized carbons (Fsp3) is 0.357. The predicted molar refractivity (Wildman–Crippen MR) is 79.6 cm³/mol. The molecule has 1 aliphatic rings. The van der Waals surface area contributed by atoms with E-state index < -0.39 is 5.97 Å². The lowest BCUT2D eigenvalue weighted by Gasteiger charge is -2.12. The second-order valence-electron chi connectivity index (χ2n) is 5.05. The number of likely N-dealkylation sites (tertiary alicyclic amines) is 1. The van der Waals surface area contributed by atoms with Crippen LogP contribution < -0.4 is 0 Å². The molecule has 1 aliphatic heterocycles. The number of carboxylic acids is 1. The summed E-state index contributed by atoms with van der Waals surface area (Å²) in [5.74, 6) is -0.959. The molecular formula is C14H17ClN4O2. The summed E-state index contributed by atoms with van der Waals surface area (Å²) < 4.78 is 1.74. The Kier molecular flexibility index (Phi) is 4.93. The van der Waals surface area contributed by atoms with Crippen LogP contribution in [0.25, 0.3) is 5.69 Å². The molecule has 0 spiro atoms. The highest BCUT2D eigenvalue weighted by Gasteiger charge is 2.28. The van der Waals surface area contributed by atoms with Crippen LogP contribution in [0.4, 0.5) is 0 Å². The van der Waals surface area contributed by atoms with Gasteiger partial charge in [0.15, 0.2) is 0 Å². The van der Waals surface area contributed by atoms with Crippen molar-refractivity contribution in [1.29, 1.82) is 0 Å². The van der Waals surface area contributed by atoms with Gasteiger partial charge in [0.2, 0.25) is 0 Å². The van der Waals surface area contributed by atoms with Crippen LogP contribution in [0.2, 0.25) is 0 Å². The smallest absolute Gasteiger partial charge is 0.307 e. The normalized spacial score (nSPS) is 18.4. The largest absolute Gasteiger partial charge is 0.481 e. The van der Waals surface area contributed by atoms with E-state index in [0.717, 1.165) is 17.9 Å². The van der Waals surface area contributed by atoms with Gasteiger partial charge in [0.25, 0.3) is 0 Å². The van der Waals surface area contributed by atoms with Crippen molar-refractivity contribution in [3.63, 3.8) is 0 Å². The van der Waals surface area contributed by atoms with E-state index in [4.69, 9.17) is 5.11 Å². The molecule has 1 unspecified atom stereocenters. The molecule has 7 heteroatoms. The highest BCUT2D eigenvalue weighted by atomic mass is 35.5. The number of halogens is 1.